The molecule has 0 atom stereocenters. The zero-order chi connectivity index (χ0) is 22.0. The Morgan fingerprint density at radius 3 is 2.48 bits per heavy atom. The minimum absolute atomic E-state index is 0.112. The third-order valence-corrected chi connectivity index (χ3v) is 4.96. The van der Waals surface area contributed by atoms with Gasteiger partial charge in [-0.3, -0.25) is 14.7 Å². The summed E-state index contributed by atoms with van der Waals surface area (Å²) in [6.45, 7) is 3.82. The van der Waals surface area contributed by atoms with Crippen LogP contribution in [0.25, 0.3) is 11.1 Å². The summed E-state index contributed by atoms with van der Waals surface area (Å²) in [4.78, 5) is 25.5. The van der Waals surface area contributed by atoms with E-state index in [0.29, 0.717) is 16.8 Å². The van der Waals surface area contributed by atoms with Gasteiger partial charge in [0.25, 0.3) is 11.8 Å². The van der Waals surface area contributed by atoms with Crippen molar-refractivity contribution >= 4 is 28.7 Å². The molecule has 0 aliphatic carbocycles. The lowest BCUT2D eigenvalue weighted by molar-refractivity contribution is 0.0885. The van der Waals surface area contributed by atoms with Crippen LogP contribution < -0.4 is 15.4 Å². The Morgan fingerprint density at radius 1 is 1.03 bits per heavy atom. The molecular formula is C23H22N4O4. The molecule has 0 saturated heterocycles. The Kier molecular flexibility index (Phi) is 5.21. The lowest BCUT2D eigenvalue weighted by Crippen LogP contribution is -2.40. The minimum Gasteiger partial charge on any atom is -0.496 e. The van der Waals surface area contributed by atoms with Crippen LogP contribution in [0.4, 0.5) is 5.82 Å². The molecule has 0 bridgehead atoms. The molecule has 0 spiro atoms. The Labute approximate surface area is 178 Å². The molecular weight excluding hydrogens is 396 g/mol. The van der Waals surface area contributed by atoms with Crippen molar-refractivity contribution in [3.63, 3.8) is 0 Å². The van der Waals surface area contributed by atoms with Gasteiger partial charge in [-0.05, 0) is 31.5 Å². The lowest BCUT2D eigenvalue weighted by Gasteiger charge is -2.26. The maximum absolute atomic E-state index is 12.8. The highest BCUT2D eigenvalue weighted by atomic mass is 16.5. The summed E-state index contributed by atoms with van der Waals surface area (Å²) in [6, 6.07) is 18.1. The van der Waals surface area contributed by atoms with Crippen LogP contribution in [0.3, 0.4) is 0 Å². The molecule has 2 aromatic heterocycles. The Morgan fingerprint density at radius 2 is 1.74 bits per heavy atom. The van der Waals surface area contributed by atoms with Gasteiger partial charge < -0.3 is 19.8 Å². The quantitative estimate of drug-likeness (QED) is 0.437. The zero-order valence-electron chi connectivity index (χ0n) is 17.4. The van der Waals surface area contributed by atoms with E-state index in [4.69, 9.17) is 9.15 Å². The van der Waals surface area contributed by atoms with Crippen molar-refractivity contribution in [2.45, 2.75) is 19.4 Å². The van der Waals surface area contributed by atoms with Gasteiger partial charge in [0.2, 0.25) is 0 Å². The topological polar surface area (TPSA) is 109 Å². The summed E-state index contributed by atoms with van der Waals surface area (Å²) in [7, 11) is 1.49. The van der Waals surface area contributed by atoms with E-state index in [1.165, 1.54) is 7.11 Å². The van der Waals surface area contributed by atoms with Gasteiger partial charge in [-0.25, -0.2) is 0 Å². The number of hydrogen-bond acceptors (Lipinski definition) is 5. The third-order valence-electron chi connectivity index (χ3n) is 4.96. The molecule has 3 N–H and O–H groups in total. The minimum atomic E-state index is -0.599. The van der Waals surface area contributed by atoms with Crippen LogP contribution in [0.1, 0.15) is 40.3 Å². The molecule has 0 saturated carbocycles. The molecule has 4 aromatic rings. The number of nitrogens with one attached hydrogen (secondary N) is 3. The van der Waals surface area contributed by atoms with Crippen molar-refractivity contribution in [1.82, 2.24) is 15.5 Å². The van der Waals surface area contributed by atoms with Crippen LogP contribution >= 0.6 is 0 Å². The number of para-hydroxylation sites is 1. The van der Waals surface area contributed by atoms with Crippen LogP contribution in [-0.4, -0.2) is 29.1 Å². The summed E-state index contributed by atoms with van der Waals surface area (Å²) < 4.78 is 11.0. The van der Waals surface area contributed by atoms with E-state index in [1.54, 1.807) is 30.3 Å². The number of carbonyl (C=O) groups excluding carboxylic acids is 2. The number of rotatable bonds is 6. The monoisotopic (exact) mass is 418 g/mol. The summed E-state index contributed by atoms with van der Waals surface area (Å²) in [6.07, 6.45) is 0. The van der Waals surface area contributed by atoms with Gasteiger partial charge in [-0.15, -0.1) is 0 Å². The van der Waals surface area contributed by atoms with E-state index in [9.17, 15) is 9.59 Å². The summed E-state index contributed by atoms with van der Waals surface area (Å²) in [5.74, 6) is -0.0407. The molecule has 0 aliphatic heterocycles. The van der Waals surface area contributed by atoms with E-state index in [0.717, 1.165) is 5.56 Å². The second-order valence-corrected chi connectivity index (χ2v) is 7.53. The highest BCUT2D eigenvalue weighted by molar-refractivity contribution is 6.09. The van der Waals surface area contributed by atoms with E-state index in [-0.39, 0.29) is 23.1 Å². The van der Waals surface area contributed by atoms with Crippen LogP contribution in [0.15, 0.2) is 65.1 Å². The number of H-pyrrole nitrogens is 1. The van der Waals surface area contributed by atoms with E-state index < -0.39 is 11.4 Å². The molecule has 0 unspecified atom stereocenters. The fourth-order valence-electron chi connectivity index (χ4n) is 3.29. The molecule has 31 heavy (non-hydrogen) atoms. The first-order valence-electron chi connectivity index (χ1n) is 9.69. The number of methoxy groups -OCH3 is 1. The molecule has 0 radical (unpaired) electrons. The first-order valence-corrected chi connectivity index (χ1v) is 9.69. The summed E-state index contributed by atoms with van der Waals surface area (Å²) in [5, 5.41) is 12.5. The summed E-state index contributed by atoms with van der Waals surface area (Å²) >= 11 is 0. The van der Waals surface area contributed by atoms with Gasteiger partial charge >= 0.3 is 0 Å². The second kappa shape index (κ2) is 7.98. The fourth-order valence-corrected chi connectivity index (χ4v) is 3.29. The molecule has 4 rings (SSSR count). The Balaban J connectivity index is 1.55. The normalized spacial score (nSPS) is 11.3. The number of aromatic nitrogens is 2. The van der Waals surface area contributed by atoms with Crippen molar-refractivity contribution < 1.29 is 18.7 Å². The van der Waals surface area contributed by atoms with Crippen LogP contribution in [0.5, 0.6) is 5.75 Å². The SMILES string of the molecule is COc1ccccc1C(=O)Nc1n[nH]c2cc(C(=O)NC(C)(C)c3ccccc3)oc12. The predicted molar refractivity (Wildman–Crippen MR) is 116 cm³/mol. The molecule has 8 heteroatoms. The van der Waals surface area contributed by atoms with E-state index in [2.05, 4.69) is 20.8 Å². The lowest BCUT2D eigenvalue weighted by atomic mass is 9.94. The van der Waals surface area contributed by atoms with Crippen molar-refractivity contribution in [1.29, 1.82) is 0 Å². The zero-order valence-corrected chi connectivity index (χ0v) is 17.4. The number of fused-ring (bicyclic) bond motifs is 1. The molecule has 158 valence electrons. The fraction of sp³-hybridized carbons (Fsp3) is 0.174. The van der Waals surface area contributed by atoms with Gasteiger partial charge in [-0.1, -0.05) is 42.5 Å². The summed E-state index contributed by atoms with van der Waals surface area (Å²) in [5.41, 5.74) is 1.50. The number of aromatic amines is 1. The van der Waals surface area contributed by atoms with Crippen LogP contribution in [-0.2, 0) is 5.54 Å². The number of ether oxygens (including phenoxy) is 1. The first kappa shape index (κ1) is 20.2. The number of furan rings is 1. The van der Waals surface area contributed by atoms with Gasteiger partial charge in [0.05, 0.1) is 18.2 Å². The van der Waals surface area contributed by atoms with Crippen molar-refractivity contribution in [3.05, 3.63) is 77.6 Å². The van der Waals surface area contributed by atoms with Gasteiger partial charge in [0.1, 0.15) is 11.3 Å². The van der Waals surface area contributed by atoms with Gasteiger partial charge in [0.15, 0.2) is 17.2 Å². The highest BCUT2D eigenvalue weighted by Crippen LogP contribution is 2.27. The molecule has 0 fully saturated rings. The maximum atomic E-state index is 12.8. The second-order valence-electron chi connectivity index (χ2n) is 7.53. The largest absolute Gasteiger partial charge is 0.496 e. The van der Waals surface area contributed by atoms with Crippen molar-refractivity contribution in [2.24, 2.45) is 0 Å². The first-order chi connectivity index (χ1) is 14.9. The average molecular weight is 418 g/mol. The third kappa shape index (κ3) is 4.00. The van der Waals surface area contributed by atoms with E-state index >= 15 is 0 Å². The predicted octanol–water partition coefficient (Wildman–Crippen LogP) is 4.08. The maximum Gasteiger partial charge on any atom is 0.287 e. The number of hydrogen-bond donors (Lipinski definition) is 3. The smallest absolute Gasteiger partial charge is 0.287 e. The van der Waals surface area contributed by atoms with E-state index in [1.807, 2.05) is 44.2 Å². The molecule has 2 amide bonds. The van der Waals surface area contributed by atoms with Crippen molar-refractivity contribution in [3.8, 4) is 5.75 Å². The Hall–Kier alpha value is -4.07. The van der Waals surface area contributed by atoms with Crippen LogP contribution in [0, 0.1) is 0 Å². The molecule has 2 heterocycles. The Bertz CT molecular complexity index is 1240. The van der Waals surface area contributed by atoms with Crippen LogP contribution in [0.2, 0.25) is 0 Å². The number of amides is 2. The molecule has 2 aromatic carbocycles. The molecule has 0 aliphatic rings. The number of anilines is 1. The standard InChI is InChI=1S/C23H22N4O4/c1-23(2,14-9-5-4-6-10-14)25-22(29)18-13-16-19(31-18)20(27-26-16)24-21(28)15-11-7-8-12-17(15)30-3/h4-13H,1-3H3,(H,25,29)(H2,24,26,27,28). The average Bonchev–Trinajstić information content (AvgIpc) is 3.36. The molecule has 8 nitrogen and oxygen atoms in total. The number of benzene rings is 2. The van der Waals surface area contributed by atoms with Gasteiger partial charge in [-0.2, -0.15) is 5.10 Å². The number of carbonyl (C=O) groups is 2. The van der Waals surface area contributed by atoms with Crippen molar-refractivity contribution in [2.75, 3.05) is 12.4 Å². The van der Waals surface area contributed by atoms with Gasteiger partial charge in [0, 0.05) is 6.07 Å². The number of nitrogens with zero attached hydrogens (tertiary/aromatic N) is 1. The highest BCUT2D eigenvalue weighted by Gasteiger charge is 2.26.